The van der Waals surface area contributed by atoms with Crippen LogP contribution in [0.2, 0.25) is 0 Å². The summed E-state index contributed by atoms with van der Waals surface area (Å²) >= 11 is 1.56. The molecule has 1 aromatic rings. The van der Waals surface area contributed by atoms with Crippen molar-refractivity contribution in [3.8, 4) is 0 Å². The van der Waals surface area contributed by atoms with Crippen molar-refractivity contribution in [3.63, 3.8) is 0 Å². The molecule has 1 aliphatic rings. The van der Waals surface area contributed by atoms with Crippen LogP contribution in [0.4, 0.5) is 0 Å². The predicted molar refractivity (Wildman–Crippen MR) is 82.5 cm³/mol. The minimum absolute atomic E-state index is 0.173. The van der Waals surface area contributed by atoms with E-state index in [2.05, 4.69) is 0 Å². The van der Waals surface area contributed by atoms with Crippen LogP contribution in [0.25, 0.3) is 0 Å². The number of hydrogen-bond acceptors (Lipinski definition) is 5. The Morgan fingerprint density at radius 2 is 1.76 bits per heavy atom. The van der Waals surface area contributed by atoms with Crippen molar-refractivity contribution in [1.82, 2.24) is 0 Å². The summed E-state index contributed by atoms with van der Waals surface area (Å²) < 4.78 is 15.7. The zero-order valence-corrected chi connectivity index (χ0v) is 13.2. The molecule has 0 unspecified atom stereocenters. The molecule has 1 aromatic carbocycles. The van der Waals surface area contributed by atoms with Crippen molar-refractivity contribution >= 4 is 17.7 Å². The van der Waals surface area contributed by atoms with E-state index in [1.807, 2.05) is 37.3 Å². The highest BCUT2D eigenvalue weighted by molar-refractivity contribution is 8.01. The van der Waals surface area contributed by atoms with Gasteiger partial charge >= 0.3 is 5.97 Å². The van der Waals surface area contributed by atoms with Crippen molar-refractivity contribution in [2.24, 2.45) is 0 Å². The second-order valence-corrected chi connectivity index (χ2v) is 6.31. The average molecular weight is 310 g/mol. The van der Waals surface area contributed by atoms with Crippen molar-refractivity contribution in [2.75, 3.05) is 33.0 Å². The highest BCUT2D eigenvalue weighted by Crippen LogP contribution is 2.40. The first-order valence-corrected chi connectivity index (χ1v) is 8.15. The fourth-order valence-corrected chi connectivity index (χ4v) is 3.50. The van der Waals surface area contributed by atoms with Crippen LogP contribution in [-0.4, -0.2) is 43.8 Å². The van der Waals surface area contributed by atoms with Gasteiger partial charge in [-0.1, -0.05) is 18.2 Å². The van der Waals surface area contributed by atoms with E-state index in [4.69, 9.17) is 14.2 Å². The van der Waals surface area contributed by atoms with E-state index in [0.717, 1.165) is 4.90 Å². The molecule has 1 heterocycles. The van der Waals surface area contributed by atoms with Crippen LogP contribution < -0.4 is 0 Å². The van der Waals surface area contributed by atoms with Crippen LogP contribution in [-0.2, 0) is 19.0 Å². The summed E-state index contributed by atoms with van der Waals surface area (Å²) in [5.74, 6) is -0.173. The van der Waals surface area contributed by atoms with Gasteiger partial charge in [-0.2, -0.15) is 0 Å². The number of hydrogen-bond donors (Lipinski definition) is 0. The van der Waals surface area contributed by atoms with Gasteiger partial charge in [-0.15, -0.1) is 11.8 Å². The maximum absolute atomic E-state index is 12.5. The Morgan fingerprint density at radius 3 is 2.33 bits per heavy atom. The molecule has 1 saturated heterocycles. The van der Waals surface area contributed by atoms with Gasteiger partial charge in [0, 0.05) is 18.1 Å². The standard InChI is InChI=1S/C16H22O4S/c1-2-20-15(17)16(21-14-6-4-3-5-7-14)8-10-18-12-13-19-11-9-16/h3-7H,2,8-13H2,1H3. The first-order chi connectivity index (χ1) is 10.3. The number of thioether (sulfide) groups is 1. The average Bonchev–Trinajstić information content (AvgIpc) is 2.61. The van der Waals surface area contributed by atoms with Gasteiger partial charge in [-0.3, -0.25) is 4.79 Å². The molecule has 5 heteroatoms. The van der Waals surface area contributed by atoms with Gasteiger partial charge in [0.05, 0.1) is 19.8 Å². The molecule has 2 rings (SSSR count). The molecule has 0 spiro atoms. The summed E-state index contributed by atoms with van der Waals surface area (Å²) in [6.07, 6.45) is 1.27. The van der Waals surface area contributed by atoms with Gasteiger partial charge in [-0.25, -0.2) is 0 Å². The van der Waals surface area contributed by atoms with Crippen molar-refractivity contribution in [2.45, 2.75) is 29.4 Å². The summed E-state index contributed by atoms with van der Waals surface area (Å²) in [5, 5.41) is 0. The van der Waals surface area contributed by atoms with E-state index in [0.29, 0.717) is 45.9 Å². The van der Waals surface area contributed by atoms with E-state index in [-0.39, 0.29) is 5.97 Å². The summed E-state index contributed by atoms with van der Waals surface area (Å²) in [5.41, 5.74) is 0. The second-order valence-electron chi connectivity index (χ2n) is 4.85. The lowest BCUT2D eigenvalue weighted by Crippen LogP contribution is -2.39. The van der Waals surface area contributed by atoms with Gasteiger partial charge in [0.2, 0.25) is 0 Å². The lowest BCUT2D eigenvalue weighted by Gasteiger charge is -2.30. The number of rotatable bonds is 4. The highest BCUT2D eigenvalue weighted by atomic mass is 32.2. The topological polar surface area (TPSA) is 44.8 Å². The van der Waals surface area contributed by atoms with Crippen molar-refractivity contribution in [3.05, 3.63) is 30.3 Å². The molecule has 1 fully saturated rings. The molecule has 0 aliphatic carbocycles. The fraction of sp³-hybridized carbons (Fsp3) is 0.562. The summed E-state index contributed by atoms with van der Waals surface area (Å²) in [7, 11) is 0. The molecule has 0 amide bonds. The normalized spacial score (nSPS) is 19.1. The fourth-order valence-electron chi connectivity index (χ4n) is 2.25. The number of carbonyl (C=O) groups is 1. The van der Waals surface area contributed by atoms with Crippen LogP contribution in [0.1, 0.15) is 19.8 Å². The molecule has 0 saturated carbocycles. The number of carbonyl (C=O) groups excluding carboxylic acids is 1. The third kappa shape index (κ3) is 4.73. The third-order valence-electron chi connectivity index (χ3n) is 3.38. The minimum atomic E-state index is -0.637. The Morgan fingerprint density at radius 1 is 1.14 bits per heavy atom. The molecule has 0 bridgehead atoms. The Labute approximate surface area is 130 Å². The lowest BCUT2D eigenvalue weighted by atomic mass is 10.0. The van der Waals surface area contributed by atoms with E-state index in [9.17, 15) is 4.79 Å². The molecule has 1 aliphatic heterocycles. The molecular weight excluding hydrogens is 288 g/mol. The monoisotopic (exact) mass is 310 g/mol. The van der Waals surface area contributed by atoms with Gasteiger partial charge < -0.3 is 14.2 Å². The van der Waals surface area contributed by atoms with E-state index < -0.39 is 4.75 Å². The van der Waals surface area contributed by atoms with E-state index >= 15 is 0 Å². The third-order valence-corrected chi connectivity index (χ3v) is 4.85. The Bertz CT molecular complexity index is 425. The molecule has 0 atom stereocenters. The summed E-state index contributed by atoms with van der Waals surface area (Å²) in [4.78, 5) is 13.6. The lowest BCUT2D eigenvalue weighted by molar-refractivity contribution is -0.147. The smallest absolute Gasteiger partial charge is 0.322 e. The molecular formula is C16H22O4S. The quantitative estimate of drug-likeness (QED) is 0.800. The Balaban J connectivity index is 2.20. The Kier molecular flexibility index (Phi) is 6.54. The van der Waals surface area contributed by atoms with E-state index in [1.165, 1.54) is 0 Å². The first kappa shape index (κ1) is 16.3. The van der Waals surface area contributed by atoms with Gasteiger partial charge in [0.25, 0.3) is 0 Å². The zero-order chi connectivity index (χ0) is 15.0. The number of benzene rings is 1. The Hall–Kier alpha value is -1.04. The molecule has 0 aromatic heterocycles. The van der Waals surface area contributed by atoms with Crippen LogP contribution in [0.15, 0.2) is 35.2 Å². The molecule has 116 valence electrons. The first-order valence-electron chi connectivity index (χ1n) is 7.33. The zero-order valence-electron chi connectivity index (χ0n) is 12.4. The predicted octanol–water partition coefficient (Wildman–Crippen LogP) is 2.91. The maximum atomic E-state index is 12.5. The van der Waals surface area contributed by atoms with Crippen LogP contribution in [0, 0.1) is 0 Å². The minimum Gasteiger partial charge on any atom is -0.465 e. The molecule has 4 nitrogen and oxygen atoms in total. The molecule has 0 radical (unpaired) electrons. The summed E-state index contributed by atoms with van der Waals surface area (Å²) in [6, 6.07) is 9.95. The van der Waals surface area contributed by atoms with Crippen LogP contribution >= 0.6 is 11.8 Å². The van der Waals surface area contributed by atoms with Crippen molar-refractivity contribution in [1.29, 1.82) is 0 Å². The van der Waals surface area contributed by atoms with Crippen LogP contribution in [0.3, 0.4) is 0 Å². The summed E-state index contributed by atoms with van der Waals surface area (Å²) in [6.45, 7) is 4.46. The maximum Gasteiger partial charge on any atom is 0.322 e. The number of esters is 1. The number of ether oxygens (including phenoxy) is 3. The SMILES string of the molecule is CCOC(=O)C1(Sc2ccccc2)CCOCCOCC1. The van der Waals surface area contributed by atoms with Gasteiger partial charge in [0.1, 0.15) is 4.75 Å². The molecule has 0 N–H and O–H groups in total. The second kappa shape index (κ2) is 8.41. The highest BCUT2D eigenvalue weighted by Gasteiger charge is 2.41. The molecule has 21 heavy (non-hydrogen) atoms. The van der Waals surface area contributed by atoms with Gasteiger partial charge in [-0.05, 0) is 31.9 Å². The van der Waals surface area contributed by atoms with E-state index in [1.54, 1.807) is 11.8 Å². The van der Waals surface area contributed by atoms with Crippen LogP contribution in [0.5, 0.6) is 0 Å². The van der Waals surface area contributed by atoms with Crippen molar-refractivity contribution < 1.29 is 19.0 Å². The van der Waals surface area contributed by atoms with Gasteiger partial charge in [0.15, 0.2) is 0 Å². The largest absolute Gasteiger partial charge is 0.465 e.